The summed E-state index contributed by atoms with van der Waals surface area (Å²) in [5.74, 6) is 0. The number of halogens is 1. The van der Waals surface area contributed by atoms with E-state index in [-0.39, 0.29) is 0 Å². The van der Waals surface area contributed by atoms with Gasteiger partial charge < -0.3 is 4.90 Å². The number of piperazine rings is 1. The third kappa shape index (κ3) is 4.08. The molecule has 0 bridgehead atoms. The van der Waals surface area contributed by atoms with Crippen LogP contribution in [0.15, 0.2) is 42.5 Å². The van der Waals surface area contributed by atoms with E-state index in [2.05, 4.69) is 47.1 Å². The number of benzene rings is 2. The van der Waals surface area contributed by atoms with E-state index in [1.165, 1.54) is 11.1 Å². The van der Waals surface area contributed by atoms with Gasteiger partial charge in [-0.05, 0) is 37.1 Å². The lowest BCUT2D eigenvalue weighted by atomic mass is 10.1. The molecule has 1 saturated heterocycles. The van der Waals surface area contributed by atoms with Crippen molar-refractivity contribution in [2.45, 2.75) is 13.3 Å². The summed E-state index contributed by atoms with van der Waals surface area (Å²) >= 11 is 6.33. The molecule has 1 aliphatic heterocycles. The SMILES string of the molecule is Cc1ccc(CCN2CCN(c3ccc(C#N)cc3Cl)CC2)cc1. The van der Waals surface area contributed by atoms with Gasteiger partial charge in [0.1, 0.15) is 0 Å². The maximum atomic E-state index is 8.94. The first kappa shape index (κ1) is 16.8. The third-order valence-corrected chi connectivity index (χ3v) is 4.93. The van der Waals surface area contributed by atoms with Crippen molar-refractivity contribution < 1.29 is 0 Å². The Balaban J connectivity index is 1.52. The lowest BCUT2D eigenvalue weighted by molar-refractivity contribution is 0.261. The highest BCUT2D eigenvalue weighted by Gasteiger charge is 2.18. The molecule has 0 unspecified atom stereocenters. The molecule has 3 rings (SSSR count). The van der Waals surface area contributed by atoms with E-state index < -0.39 is 0 Å². The van der Waals surface area contributed by atoms with Crippen molar-refractivity contribution in [3.8, 4) is 6.07 Å². The van der Waals surface area contributed by atoms with Crippen LogP contribution < -0.4 is 4.90 Å². The zero-order valence-electron chi connectivity index (χ0n) is 14.0. The van der Waals surface area contributed by atoms with Crippen LogP contribution in [-0.4, -0.2) is 37.6 Å². The van der Waals surface area contributed by atoms with Gasteiger partial charge in [0.25, 0.3) is 0 Å². The summed E-state index contributed by atoms with van der Waals surface area (Å²) in [5.41, 5.74) is 4.36. The van der Waals surface area contributed by atoms with Gasteiger partial charge in [-0.1, -0.05) is 41.4 Å². The molecule has 24 heavy (non-hydrogen) atoms. The molecule has 0 aliphatic carbocycles. The molecule has 2 aromatic carbocycles. The van der Waals surface area contributed by atoms with Crippen LogP contribution >= 0.6 is 11.6 Å². The van der Waals surface area contributed by atoms with Gasteiger partial charge in [-0.3, -0.25) is 4.90 Å². The van der Waals surface area contributed by atoms with Crippen LogP contribution in [0.2, 0.25) is 5.02 Å². The van der Waals surface area contributed by atoms with E-state index in [1.54, 1.807) is 6.07 Å². The van der Waals surface area contributed by atoms with E-state index in [0.717, 1.165) is 44.8 Å². The smallest absolute Gasteiger partial charge is 0.0992 e. The summed E-state index contributed by atoms with van der Waals surface area (Å²) in [6.45, 7) is 7.25. The Labute approximate surface area is 149 Å². The van der Waals surface area contributed by atoms with Crippen LogP contribution in [0.1, 0.15) is 16.7 Å². The number of rotatable bonds is 4. The van der Waals surface area contributed by atoms with Gasteiger partial charge >= 0.3 is 0 Å². The van der Waals surface area contributed by atoms with Crippen LogP contribution in [-0.2, 0) is 6.42 Å². The Bertz CT molecular complexity index is 726. The lowest BCUT2D eigenvalue weighted by Crippen LogP contribution is -2.47. The highest BCUT2D eigenvalue weighted by atomic mass is 35.5. The van der Waals surface area contributed by atoms with Gasteiger partial charge in [0.2, 0.25) is 0 Å². The van der Waals surface area contributed by atoms with Crippen molar-refractivity contribution >= 4 is 17.3 Å². The highest BCUT2D eigenvalue weighted by Crippen LogP contribution is 2.27. The van der Waals surface area contributed by atoms with Gasteiger partial charge in [-0.25, -0.2) is 0 Å². The molecular formula is C20H22ClN3. The molecule has 1 aliphatic rings. The molecule has 2 aromatic rings. The number of nitriles is 1. The van der Waals surface area contributed by atoms with Crippen molar-refractivity contribution in [3.05, 3.63) is 64.2 Å². The van der Waals surface area contributed by atoms with E-state index in [0.29, 0.717) is 10.6 Å². The first-order chi connectivity index (χ1) is 11.7. The van der Waals surface area contributed by atoms with Crippen LogP contribution in [0, 0.1) is 18.3 Å². The summed E-state index contributed by atoms with van der Waals surface area (Å²) < 4.78 is 0. The maximum absolute atomic E-state index is 8.94. The fraction of sp³-hybridized carbons (Fsp3) is 0.350. The van der Waals surface area contributed by atoms with Gasteiger partial charge in [0, 0.05) is 32.7 Å². The van der Waals surface area contributed by atoms with Gasteiger partial charge in [-0.2, -0.15) is 5.26 Å². The molecule has 0 atom stereocenters. The molecule has 1 fully saturated rings. The summed E-state index contributed by atoms with van der Waals surface area (Å²) in [4.78, 5) is 4.82. The number of hydrogen-bond acceptors (Lipinski definition) is 3. The molecule has 0 amide bonds. The topological polar surface area (TPSA) is 30.3 Å². The first-order valence-electron chi connectivity index (χ1n) is 8.38. The molecule has 0 saturated carbocycles. The van der Waals surface area contributed by atoms with Gasteiger partial charge in [0.05, 0.1) is 22.3 Å². The quantitative estimate of drug-likeness (QED) is 0.846. The van der Waals surface area contributed by atoms with E-state index >= 15 is 0 Å². The Hall–Kier alpha value is -2.02. The molecule has 0 aromatic heterocycles. The molecule has 0 spiro atoms. The largest absolute Gasteiger partial charge is 0.368 e. The van der Waals surface area contributed by atoms with E-state index in [4.69, 9.17) is 16.9 Å². The van der Waals surface area contributed by atoms with Crippen molar-refractivity contribution in [2.24, 2.45) is 0 Å². The standard InChI is InChI=1S/C20H22ClN3/c1-16-2-4-17(5-3-16)8-9-23-10-12-24(13-11-23)20-7-6-18(15-22)14-19(20)21/h2-7,14H,8-13H2,1H3. The number of anilines is 1. The van der Waals surface area contributed by atoms with Crippen LogP contribution in [0.5, 0.6) is 0 Å². The minimum Gasteiger partial charge on any atom is -0.368 e. The van der Waals surface area contributed by atoms with Crippen molar-refractivity contribution in [1.29, 1.82) is 5.26 Å². The zero-order chi connectivity index (χ0) is 16.9. The fourth-order valence-corrected chi connectivity index (χ4v) is 3.39. The average Bonchev–Trinajstić information content (AvgIpc) is 2.62. The van der Waals surface area contributed by atoms with Crippen LogP contribution in [0.25, 0.3) is 0 Å². The zero-order valence-corrected chi connectivity index (χ0v) is 14.8. The van der Waals surface area contributed by atoms with E-state index in [9.17, 15) is 0 Å². The summed E-state index contributed by atoms with van der Waals surface area (Å²) in [6, 6.07) is 16.5. The summed E-state index contributed by atoms with van der Waals surface area (Å²) in [7, 11) is 0. The predicted molar refractivity (Wildman–Crippen MR) is 99.7 cm³/mol. The second kappa shape index (κ2) is 7.70. The minimum absolute atomic E-state index is 0.612. The van der Waals surface area contributed by atoms with Gasteiger partial charge in [-0.15, -0.1) is 0 Å². The second-order valence-electron chi connectivity index (χ2n) is 6.34. The monoisotopic (exact) mass is 339 g/mol. The molecule has 0 radical (unpaired) electrons. The van der Waals surface area contributed by atoms with Crippen LogP contribution in [0.4, 0.5) is 5.69 Å². The average molecular weight is 340 g/mol. The second-order valence-corrected chi connectivity index (χ2v) is 6.75. The minimum atomic E-state index is 0.612. The Kier molecular flexibility index (Phi) is 5.40. The van der Waals surface area contributed by atoms with Crippen molar-refractivity contribution in [2.75, 3.05) is 37.6 Å². The van der Waals surface area contributed by atoms with Gasteiger partial charge in [0.15, 0.2) is 0 Å². The normalized spacial score (nSPS) is 15.3. The lowest BCUT2D eigenvalue weighted by Gasteiger charge is -2.36. The number of hydrogen-bond donors (Lipinski definition) is 0. The number of nitrogens with zero attached hydrogens (tertiary/aromatic N) is 3. The molecule has 1 heterocycles. The molecular weight excluding hydrogens is 318 g/mol. The third-order valence-electron chi connectivity index (χ3n) is 4.63. The molecule has 0 N–H and O–H groups in total. The predicted octanol–water partition coefficient (Wildman–Crippen LogP) is 3.88. The van der Waals surface area contributed by atoms with Crippen molar-refractivity contribution in [1.82, 2.24) is 4.90 Å². The maximum Gasteiger partial charge on any atom is 0.0992 e. The van der Waals surface area contributed by atoms with E-state index in [1.807, 2.05) is 12.1 Å². The molecule has 4 heteroatoms. The number of aryl methyl sites for hydroxylation is 1. The highest BCUT2D eigenvalue weighted by molar-refractivity contribution is 6.33. The first-order valence-corrected chi connectivity index (χ1v) is 8.76. The van der Waals surface area contributed by atoms with Crippen LogP contribution in [0.3, 0.4) is 0 Å². The molecule has 124 valence electrons. The Morgan fingerprint density at radius 3 is 2.38 bits per heavy atom. The Morgan fingerprint density at radius 1 is 1.04 bits per heavy atom. The Morgan fingerprint density at radius 2 is 1.75 bits per heavy atom. The summed E-state index contributed by atoms with van der Waals surface area (Å²) in [6.07, 6.45) is 1.10. The molecule has 3 nitrogen and oxygen atoms in total. The summed E-state index contributed by atoms with van der Waals surface area (Å²) in [5, 5.41) is 9.61. The fourth-order valence-electron chi connectivity index (χ4n) is 3.09. The van der Waals surface area contributed by atoms with Crippen molar-refractivity contribution in [3.63, 3.8) is 0 Å².